The minimum absolute atomic E-state index is 0.0165. The Morgan fingerprint density at radius 2 is 2.21 bits per heavy atom. The van der Waals surface area contributed by atoms with Gasteiger partial charge in [-0.2, -0.15) is 9.40 Å². The summed E-state index contributed by atoms with van der Waals surface area (Å²) >= 11 is 0. The van der Waals surface area contributed by atoms with E-state index in [1.165, 1.54) is 16.7 Å². The van der Waals surface area contributed by atoms with E-state index in [4.69, 9.17) is 0 Å². The Morgan fingerprint density at radius 1 is 1.53 bits per heavy atom. The minimum Gasteiger partial charge on any atom is -0.356 e. The molecule has 8 heteroatoms. The Labute approximate surface area is 112 Å². The van der Waals surface area contributed by atoms with Gasteiger partial charge >= 0.3 is 0 Å². The molecule has 0 atom stereocenters. The van der Waals surface area contributed by atoms with Gasteiger partial charge in [0.05, 0.1) is 6.20 Å². The molecular weight excluding hydrogens is 268 g/mol. The highest BCUT2D eigenvalue weighted by Crippen LogP contribution is 2.23. The van der Waals surface area contributed by atoms with Crippen LogP contribution in [0.25, 0.3) is 0 Å². The largest absolute Gasteiger partial charge is 0.356 e. The van der Waals surface area contributed by atoms with Crippen molar-refractivity contribution in [2.75, 3.05) is 19.6 Å². The van der Waals surface area contributed by atoms with Crippen LogP contribution in [-0.4, -0.2) is 48.5 Å². The highest BCUT2D eigenvalue weighted by atomic mass is 32.2. The van der Waals surface area contributed by atoms with Crippen LogP contribution in [0.15, 0.2) is 17.3 Å². The molecule has 1 aromatic rings. The second kappa shape index (κ2) is 5.70. The van der Waals surface area contributed by atoms with Crippen molar-refractivity contribution in [3.8, 4) is 0 Å². The van der Waals surface area contributed by atoms with Gasteiger partial charge in [-0.3, -0.25) is 9.89 Å². The normalized spacial score (nSPS) is 18.4. The van der Waals surface area contributed by atoms with Gasteiger partial charge in [-0.25, -0.2) is 8.42 Å². The average Bonchev–Trinajstić information content (AvgIpc) is 2.94. The molecule has 0 aliphatic carbocycles. The molecular formula is C11H18N4O3S. The lowest BCUT2D eigenvalue weighted by molar-refractivity contribution is -0.126. The van der Waals surface area contributed by atoms with E-state index in [-0.39, 0.29) is 16.7 Å². The van der Waals surface area contributed by atoms with Gasteiger partial charge in [-0.1, -0.05) is 0 Å². The second-order valence-electron chi connectivity index (χ2n) is 4.51. The zero-order chi connectivity index (χ0) is 13.9. The van der Waals surface area contributed by atoms with E-state index < -0.39 is 10.0 Å². The van der Waals surface area contributed by atoms with Gasteiger partial charge in [0.1, 0.15) is 4.90 Å². The number of H-pyrrole nitrogens is 1. The maximum atomic E-state index is 12.2. The third kappa shape index (κ3) is 2.95. The lowest BCUT2D eigenvalue weighted by Crippen LogP contribution is -2.42. The van der Waals surface area contributed by atoms with E-state index in [9.17, 15) is 13.2 Å². The number of hydrogen-bond acceptors (Lipinski definition) is 4. The highest BCUT2D eigenvalue weighted by molar-refractivity contribution is 7.89. The van der Waals surface area contributed by atoms with Crippen LogP contribution in [0.1, 0.15) is 19.8 Å². The van der Waals surface area contributed by atoms with Gasteiger partial charge < -0.3 is 5.32 Å². The summed E-state index contributed by atoms with van der Waals surface area (Å²) in [6.07, 6.45) is 3.78. The van der Waals surface area contributed by atoms with Crippen LogP contribution in [0.3, 0.4) is 0 Å². The molecule has 1 aromatic heterocycles. The van der Waals surface area contributed by atoms with Gasteiger partial charge in [0.25, 0.3) is 0 Å². The number of rotatable bonds is 4. The number of piperidine rings is 1. The summed E-state index contributed by atoms with van der Waals surface area (Å²) in [4.78, 5) is 11.9. The molecule has 2 N–H and O–H groups in total. The Hall–Kier alpha value is -1.41. The lowest BCUT2D eigenvalue weighted by atomic mass is 9.97. The van der Waals surface area contributed by atoms with Crippen LogP contribution >= 0.6 is 0 Å². The van der Waals surface area contributed by atoms with Gasteiger partial charge in [0.2, 0.25) is 15.9 Å². The first-order valence-corrected chi connectivity index (χ1v) is 7.76. The third-order valence-electron chi connectivity index (χ3n) is 3.29. The number of carbonyl (C=O) groups excluding carboxylic acids is 1. The number of amides is 1. The smallest absolute Gasteiger partial charge is 0.246 e. The number of nitrogens with one attached hydrogen (secondary N) is 2. The molecule has 0 spiro atoms. The highest BCUT2D eigenvalue weighted by Gasteiger charge is 2.32. The van der Waals surface area contributed by atoms with E-state index >= 15 is 0 Å². The Bertz CT molecular complexity index is 518. The first-order valence-electron chi connectivity index (χ1n) is 6.32. The molecule has 0 bridgehead atoms. The summed E-state index contributed by atoms with van der Waals surface area (Å²) in [6.45, 7) is 3.22. The average molecular weight is 286 g/mol. The third-order valence-corrected chi connectivity index (χ3v) is 5.15. The molecule has 1 saturated heterocycles. The monoisotopic (exact) mass is 286 g/mol. The molecule has 0 saturated carbocycles. The molecule has 7 nitrogen and oxygen atoms in total. The number of hydrogen-bond donors (Lipinski definition) is 2. The molecule has 1 fully saturated rings. The zero-order valence-electron chi connectivity index (χ0n) is 10.8. The van der Waals surface area contributed by atoms with Crippen molar-refractivity contribution in [2.45, 2.75) is 24.7 Å². The van der Waals surface area contributed by atoms with Gasteiger partial charge in [-0.15, -0.1) is 0 Å². The fraction of sp³-hybridized carbons (Fsp3) is 0.636. The van der Waals surface area contributed by atoms with E-state index in [0.29, 0.717) is 32.5 Å². The fourth-order valence-corrected chi connectivity index (χ4v) is 3.58. The summed E-state index contributed by atoms with van der Waals surface area (Å²) in [6, 6.07) is 0. The van der Waals surface area contributed by atoms with Crippen molar-refractivity contribution >= 4 is 15.9 Å². The van der Waals surface area contributed by atoms with Crippen LogP contribution in [0.2, 0.25) is 0 Å². The van der Waals surface area contributed by atoms with Crippen LogP contribution in [0, 0.1) is 5.92 Å². The number of nitrogens with zero attached hydrogens (tertiary/aromatic N) is 2. The van der Waals surface area contributed by atoms with Crippen molar-refractivity contribution in [1.82, 2.24) is 19.8 Å². The van der Waals surface area contributed by atoms with Crippen molar-refractivity contribution in [3.05, 3.63) is 12.4 Å². The van der Waals surface area contributed by atoms with Crippen molar-refractivity contribution in [3.63, 3.8) is 0 Å². The predicted octanol–water partition coefficient (Wildman–Crippen LogP) is -0.0535. The summed E-state index contributed by atoms with van der Waals surface area (Å²) in [5.41, 5.74) is 0. The Morgan fingerprint density at radius 3 is 2.74 bits per heavy atom. The molecule has 2 rings (SSSR count). The van der Waals surface area contributed by atoms with Crippen molar-refractivity contribution in [2.24, 2.45) is 5.92 Å². The number of aromatic amines is 1. The number of aromatic nitrogens is 2. The molecule has 0 aromatic carbocycles. The molecule has 106 valence electrons. The summed E-state index contributed by atoms with van der Waals surface area (Å²) in [5.74, 6) is -0.0707. The minimum atomic E-state index is -3.47. The fourth-order valence-electron chi connectivity index (χ4n) is 2.21. The zero-order valence-corrected chi connectivity index (χ0v) is 11.6. The first kappa shape index (κ1) is 14.0. The van der Waals surface area contributed by atoms with Gasteiger partial charge in [0.15, 0.2) is 0 Å². The molecule has 1 aliphatic heterocycles. The Kier molecular flexibility index (Phi) is 4.20. The topological polar surface area (TPSA) is 95.2 Å². The quantitative estimate of drug-likeness (QED) is 0.811. The lowest BCUT2D eigenvalue weighted by Gasteiger charge is -2.30. The molecule has 0 unspecified atom stereocenters. The Balaban J connectivity index is 1.99. The standard InChI is InChI=1S/C11H18N4O3S/c1-2-12-11(16)9-3-5-15(6-4-9)19(17,18)10-7-13-14-8-10/h7-9H,2-6H2,1H3,(H,12,16)(H,13,14). The summed E-state index contributed by atoms with van der Waals surface area (Å²) in [5, 5.41) is 8.93. The molecule has 19 heavy (non-hydrogen) atoms. The maximum absolute atomic E-state index is 12.2. The van der Waals surface area contributed by atoms with E-state index in [1.807, 2.05) is 6.92 Å². The first-order chi connectivity index (χ1) is 9.05. The summed E-state index contributed by atoms with van der Waals surface area (Å²) < 4.78 is 25.8. The predicted molar refractivity (Wildman–Crippen MR) is 68.8 cm³/mol. The van der Waals surface area contributed by atoms with Gasteiger partial charge in [0, 0.05) is 31.7 Å². The van der Waals surface area contributed by atoms with E-state index in [1.54, 1.807) is 0 Å². The van der Waals surface area contributed by atoms with Crippen LogP contribution < -0.4 is 5.32 Å². The molecule has 1 amide bonds. The van der Waals surface area contributed by atoms with Gasteiger partial charge in [-0.05, 0) is 19.8 Å². The molecule has 2 heterocycles. The molecule has 0 radical (unpaired) electrons. The molecule has 1 aliphatic rings. The van der Waals surface area contributed by atoms with Crippen LogP contribution in [0.5, 0.6) is 0 Å². The summed E-state index contributed by atoms with van der Waals surface area (Å²) in [7, 11) is -3.47. The van der Waals surface area contributed by atoms with Crippen LogP contribution in [-0.2, 0) is 14.8 Å². The van der Waals surface area contributed by atoms with Crippen LogP contribution in [0.4, 0.5) is 0 Å². The SMILES string of the molecule is CCNC(=O)C1CCN(S(=O)(=O)c2cn[nH]c2)CC1. The maximum Gasteiger partial charge on any atom is 0.246 e. The number of carbonyl (C=O) groups is 1. The van der Waals surface area contributed by atoms with Crippen molar-refractivity contribution < 1.29 is 13.2 Å². The van der Waals surface area contributed by atoms with E-state index in [2.05, 4.69) is 15.5 Å². The second-order valence-corrected chi connectivity index (χ2v) is 6.44. The number of sulfonamides is 1. The van der Waals surface area contributed by atoms with Crippen molar-refractivity contribution in [1.29, 1.82) is 0 Å². The van der Waals surface area contributed by atoms with E-state index in [0.717, 1.165) is 0 Å².